The van der Waals surface area contributed by atoms with Gasteiger partial charge in [0.15, 0.2) is 11.5 Å². The molecule has 2 aromatic heterocycles. The van der Waals surface area contributed by atoms with E-state index >= 15 is 0 Å². The summed E-state index contributed by atoms with van der Waals surface area (Å²) >= 11 is 0. The molecule has 1 aromatic carbocycles. The zero-order chi connectivity index (χ0) is 19.8. The summed E-state index contributed by atoms with van der Waals surface area (Å²) in [6.45, 7) is 2.43. The fourth-order valence-corrected chi connectivity index (χ4v) is 2.72. The molecule has 0 bridgehead atoms. The van der Waals surface area contributed by atoms with Crippen LogP contribution in [0.5, 0.6) is 5.75 Å². The average Bonchev–Trinajstić information content (AvgIpc) is 2.95. The van der Waals surface area contributed by atoms with E-state index in [1.807, 2.05) is 0 Å². The summed E-state index contributed by atoms with van der Waals surface area (Å²) in [7, 11) is 0. The largest absolute Gasteiger partial charge is 0.573 e. The van der Waals surface area contributed by atoms with Crippen LogP contribution in [0.25, 0.3) is 16.9 Å². The van der Waals surface area contributed by atoms with E-state index in [0.717, 1.165) is 6.92 Å². The van der Waals surface area contributed by atoms with Crippen molar-refractivity contribution in [1.29, 1.82) is 0 Å². The van der Waals surface area contributed by atoms with E-state index in [-0.39, 0.29) is 11.6 Å². The minimum Gasteiger partial charge on any atom is -0.406 e. The lowest BCUT2D eigenvalue weighted by atomic mass is 10.0. The number of hydrogen-bond donors (Lipinski definition) is 0. The molecule has 0 amide bonds. The second-order valence-electron chi connectivity index (χ2n) is 6.29. The molecule has 1 atom stereocenters. The molecule has 144 valence electrons. The first-order valence-corrected chi connectivity index (χ1v) is 7.98. The summed E-state index contributed by atoms with van der Waals surface area (Å²) in [5, 5.41) is 12.2. The number of benzene rings is 1. The lowest BCUT2D eigenvalue weighted by Gasteiger charge is -2.15. The molecule has 10 heteroatoms. The fraction of sp³-hybridized carbons (Fsp3) is 0.353. The van der Waals surface area contributed by atoms with Crippen LogP contribution in [0.1, 0.15) is 32.0 Å². The smallest absolute Gasteiger partial charge is 0.406 e. The van der Waals surface area contributed by atoms with E-state index < -0.39 is 24.6 Å². The van der Waals surface area contributed by atoms with Crippen LogP contribution >= 0.6 is 0 Å². The SMILES string of the molecule is CC(CC(C)(F)F)c1nnc2ccc(-c3ccc(OC(F)(F)F)cc3)nn12. The minimum atomic E-state index is -4.77. The Bertz CT molecular complexity index is 931. The molecule has 0 saturated heterocycles. The highest BCUT2D eigenvalue weighted by Gasteiger charge is 2.31. The van der Waals surface area contributed by atoms with E-state index in [2.05, 4.69) is 20.0 Å². The van der Waals surface area contributed by atoms with Crippen molar-refractivity contribution >= 4 is 5.65 Å². The molecule has 0 radical (unpaired) electrons. The number of hydrogen-bond acceptors (Lipinski definition) is 4. The van der Waals surface area contributed by atoms with Crippen LogP contribution in [0, 0.1) is 0 Å². The first-order chi connectivity index (χ1) is 12.5. The first kappa shape index (κ1) is 19.0. The van der Waals surface area contributed by atoms with Gasteiger partial charge in [-0.2, -0.15) is 9.61 Å². The van der Waals surface area contributed by atoms with E-state index in [1.54, 1.807) is 19.1 Å². The molecular formula is C17H15F5N4O. The number of rotatable bonds is 5. The Morgan fingerprint density at radius 2 is 1.67 bits per heavy atom. The molecule has 2 heterocycles. The monoisotopic (exact) mass is 386 g/mol. The van der Waals surface area contributed by atoms with Crippen molar-refractivity contribution in [2.75, 3.05) is 0 Å². The molecular weight excluding hydrogens is 371 g/mol. The van der Waals surface area contributed by atoms with Crippen molar-refractivity contribution in [2.45, 2.75) is 38.5 Å². The Balaban J connectivity index is 1.91. The molecule has 1 unspecified atom stereocenters. The van der Waals surface area contributed by atoms with E-state index in [1.165, 1.54) is 28.8 Å². The Morgan fingerprint density at radius 3 is 2.26 bits per heavy atom. The Kier molecular flexibility index (Phi) is 4.75. The van der Waals surface area contributed by atoms with Crippen molar-refractivity contribution in [3.05, 3.63) is 42.2 Å². The molecule has 3 aromatic rings. The maximum Gasteiger partial charge on any atom is 0.573 e. The lowest BCUT2D eigenvalue weighted by Crippen LogP contribution is -2.17. The molecule has 0 aliphatic heterocycles. The van der Waals surface area contributed by atoms with Gasteiger partial charge in [0.25, 0.3) is 0 Å². The minimum absolute atomic E-state index is 0.283. The highest BCUT2D eigenvalue weighted by Crippen LogP contribution is 2.29. The summed E-state index contributed by atoms with van der Waals surface area (Å²) in [5.74, 6) is -3.52. The third kappa shape index (κ3) is 4.69. The number of nitrogens with zero attached hydrogens (tertiary/aromatic N) is 4. The summed E-state index contributed by atoms with van der Waals surface area (Å²) in [5.41, 5.74) is 1.34. The quantitative estimate of drug-likeness (QED) is 0.589. The van der Waals surface area contributed by atoms with E-state index in [9.17, 15) is 22.0 Å². The van der Waals surface area contributed by atoms with Crippen molar-refractivity contribution < 1.29 is 26.7 Å². The van der Waals surface area contributed by atoms with E-state index in [0.29, 0.717) is 16.9 Å². The molecule has 0 aliphatic carbocycles. The van der Waals surface area contributed by atoms with Crippen molar-refractivity contribution in [1.82, 2.24) is 19.8 Å². The third-order valence-corrected chi connectivity index (χ3v) is 3.78. The second-order valence-corrected chi connectivity index (χ2v) is 6.29. The van der Waals surface area contributed by atoms with Crippen LogP contribution in [-0.2, 0) is 0 Å². The number of alkyl halides is 5. The van der Waals surface area contributed by atoms with Gasteiger partial charge >= 0.3 is 6.36 Å². The molecule has 5 nitrogen and oxygen atoms in total. The molecule has 0 N–H and O–H groups in total. The number of halogens is 5. The van der Waals surface area contributed by atoms with Gasteiger partial charge in [0.2, 0.25) is 5.92 Å². The maximum atomic E-state index is 13.3. The van der Waals surface area contributed by atoms with Crippen LogP contribution in [0.15, 0.2) is 36.4 Å². The zero-order valence-electron chi connectivity index (χ0n) is 14.3. The Hall–Kier alpha value is -2.78. The van der Waals surface area contributed by atoms with Crippen LogP contribution in [-0.4, -0.2) is 32.1 Å². The fourth-order valence-electron chi connectivity index (χ4n) is 2.72. The highest BCUT2D eigenvalue weighted by atomic mass is 19.4. The molecule has 0 fully saturated rings. The molecule has 0 aliphatic rings. The third-order valence-electron chi connectivity index (χ3n) is 3.78. The Morgan fingerprint density at radius 1 is 1.00 bits per heavy atom. The predicted molar refractivity (Wildman–Crippen MR) is 86.6 cm³/mol. The molecule has 3 rings (SSSR count). The van der Waals surface area contributed by atoms with Crippen LogP contribution in [0.4, 0.5) is 22.0 Å². The second kappa shape index (κ2) is 6.75. The number of aromatic nitrogens is 4. The number of fused-ring (bicyclic) bond motifs is 1. The van der Waals surface area contributed by atoms with Gasteiger partial charge in [-0.05, 0) is 43.3 Å². The lowest BCUT2D eigenvalue weighted by molar-refractivity contribution is -0.274. The standard InChI is InChI=1S/C17H15F5N4O/c1-10(9-16(2,18)19)15-24-23-14-8-7-13(25-26(14)15)11-3-5-12(6-4-11)27-17(20,21)22/h3-8,10H,9H2,1-2H3. The maximum absolute atomic E-state index is 13.3. The Labute approximate surface area is 150 Å². The predicted octanol–water partition coefficient (Wildman–Crippen LogP) is 4.84. The highest BCUT2D eigenvalue weighted by molar-refractivity contribution is 5.61. The van der Waals surface area contributed by atoms with Gasteiger partial charge in [0.1, 0.15) is 5.75 Å². The van der Waals surface area contributed by atoms with Crippen LogP contribution < -0.4 is 4.74 Å². The molecule has 27 heavy (non-hydrogen) atoms. The summed E-state index contributed by atoms with van der Waals surface area (Å²) in [6, 6.07) is 8.40. The molecule has 0 spiro atoms. The van der Waals surface area contributed by atoms with Gasteiger partial charge in [-0.3, -0.25) is 0 Å². The van der Waals surface area contributed by atoms with Crippen LogP contribution in [0.2, 0.25) is 0 Å². The van der Waals surface area contributed by atoms with Crippen molar-refractivity contribution in [3.63, 3.8) is 0 Å². The van der Waals surface area contributed by atoms with E-state index in [4.69, 9.17) is 0 Å². The molecule has 0 saturated carbocycles. The van der Waals surface area contributed by atoms with Crippen LogP contribution in [0.3, 0.4) is 0 Å². The van der Waals surface area contributed by atoms with Gasteiger partial charge in [0, 0.05) is 17.9 Å². The van der Waals surface area contributed by atoms with Gasteiger partial charge in [-0.15, -0.1) is 23.4 Å². The zero-order valence-corrected chi connectivity index (χ0v) is 14.3. The summed E-state index contributed by atoms with van der Waals surface area (Å²) in [4.78, 5) is 0. The van der Waals surface area contributed by atoms with Crippen molar-refractivity contribution in [2.24, 2.45) is 0 Å². The number of ether oxygens (including phenoxy) is 1. The van der Waals surface area contributed by atoms with Gasteiger partial charge in [-0.25, -0.2) is 8.78 Å². The topological polar surface area (TPSA) is 52.3 Å². The van der Waals surface area contributed by atoms with Crippen molar-refractivity contribution in [3.8, 4) is 17.0 Å². The normalized spacial score (nSPS) is 13.7. The summed E-state index contributed by atoms with van der Waals surface area (Å²) in [6.07, 6.45) is -5.18. The van der Waals surface area contributed by atoms with Gasteiger partial charge < -0.3 is 4.74 Å². The van der Waals surface area contributed by atoms with Gasteiger partial charge in [-0.1, -0.05) is 6.92 Å². The first-order valence-electron chi connectivity index (χ1n) is 7.98. The van der Waals surface area contributed by atoms with Gasteiger partial charge in [0.05, 0.1) is 5.69 Å². The average molecular weight is 386 g/mol. The summed E-state index contributed by atoms with van der Waals surface area (Å²) < 4.78 is 68.5.